The van der Waals surface area contributed by atoms with Gasteiger partial charge in [-0.3, -0.25) is 4.79 Å². The van der Waals surface area contributed by atoms with Gasteiger partial charge < -0.3 is 8.99 Å². The number of hydrogen-bond acceptors (Lipinski definition) is 2. The number of aromatic nitrogens is 1. The summed E-state index contributed by atoms with van der Waals surface area (Å²) in [7, 11) is -1.99. The molecule has 3 rings (SSSR count). The van der Waals surface area contributed by atoms with Gasteiger partial charge in [-0.1, -0.05) is 20.8 Å². The fraction of sp³-hybridized carbons (Fsp3) is 0.526. The number of nitrogens with zero attached hydrogens (tertiary/aromatic N) is 1. The number of halogens is 2. The molecule has 1 heterocycles. The maximum Gasteiger partial charge on any atom is 0.251 e. The molecule has 0 amide bonds. The highest BCUT2D eigenvalue weighted by atomic mass is 79.9. The number of fused-ring (bicyclic) bond motifs is 1. The molecule has 1 fully saturated rings. The Labute approximate surface area is 157 Å². The smallest absolute Gasteiger partial charge is 0.251 e. The first-order chi connectivity index (χ1) is 11.5. The van der Waals surface area contributed by atoms with Crippen molar-refractivity contribution in [3.05, 3.63) is 44.4 Å². The highest BCUT2D eigenvalue weighted by Crippen LogP contribution is 2.41. The number of rotatable bonds is 4. The Morgan fingerprint density at radius 2 is 1.96 bits per heavy atom. The Kier molecular flexibility index (Phi) is 4.75. The molecule has 0 atom stereocenters. The average molecular weight is 426 g/mol. The average Bonchev–Trinajstić information content (AvgIpc) is 3.32. The van der Waals surface area contributed by atoms with Gasteiger partial charge in [-0.2, -0.15) is 0 Å². The topological polar surface area (TPSA) is 31.2 Å². The second-order valence-electron chi connectivity index (χ2n) is 8.41. The number of pyridine rings is 1. The maximum absolute atomic E-state index is 14.4. The predicted molar refractivity (Wildman–Crippen MR) is 106 cm³/mol. The van der Waals surface area contributed by atoms with Crippen molar-refractivity contribution < 1.29 is 8.82 Å². The van der Waals surface area contributed by atoms with Crippen LogP contribution in [0.3, 0.4) is 0 Å². The molecule has 1 aromatic heterocycles. The Balaban J connectivity index is 2.15. The van der Waals surface area contributed by atoms with E-state index in [1.165, 1.54) is 12.1 Å². The largest absolute Gasteiger partial charge is 0.412 e. The van der Waals surface area contributed by atoms with Crippen molar-refractivity contribution >= 4 is 35.2 Å². The molecule has 0 spiro atoms. The van der Waals surface area contributed by atoms with Gasteiger partial charge in [-0.15, -0.1) is 0 Å². The van der Waals surface area contributed by atoms with Gasteiger partial charge >= 0.3 is 0 Å². The Morgan fingerprint density at radius 1 is 1.32 bits per heavy atom. The van der Waals surface area contributed by atoms with E-state index in [4.69, 9.17) is 4.43 Å². The van der Waals surface area contributed by atoms with Crippen molar-refractivity contribution in [1.29, 1.82) is 0 Å². The van der Waals surface area contributed by atoms with Crippen LogP contribution in [0.4, 0.5) is 4.39 Å². The van der Waals surface area contributed by atoms with Crippen molar-refractivity contribution in [3.8, 4) is 0 Å². The SMILES string of the molecule is CC(C)(C)[Si](C)(C)OCc1c(Br)c(F)cc2ccc(=O)n(C3CC3)c12. The Morgan fingerprint density at radius 3 is 2.52 bits per heavy atom. The standard InChI is InChI=1S/C19H25BrFNO2Si/c1-19(2,3)25(4,5)24-11-14-17(20)15(21)10-12-6-9-16(23)22(18(12)14)13-7-8-13/h6,9-10,13H,7-8,11H2,1-5H3. The van der Waals surface area contributed by atoms with E-state index in [9.17, 15) is 9.18 Å². The third-order valence-corrected chi connectivity index (χ3v) is 10.8. The molecular weight excluding hydrogens is 401 g/mol. The van der Waals surface area contributed by atoms with Gasteiger partial charge in [0.25, 0.3) is 5.56 Å². The third-order valence-electron chi connectivity index (χ3n) is 5.50. The van der Waals surface area contributed by atoms with Crippen LogP contribution >= 0.6 is 15.9 Å². The van der Waals surface area contributed by atoms with Crippen LogP contribution in [0.15, 0.2) is 27.5 Å². The molecule has 6 heteroatoms. The zero-order chi connectivity index (χ0) is 18.6. The zero-order valence-corrected chi connectivity index (χ0v) is 18.0. The molecule has 0 N–H and O–H groups in total. The second-order valence-corrected chi connectivity index (χ2v) is 14.0. The van der Waals surface area contributed by atoms with Crippen molar-refractivity contribution in [3.63, 3.8) is 0 Å². The molecule has 0 bridgehead atoms. The molecule has 3 nitrogen and oxygen atoms in total. The molecule has 0 saturated heterocycles. The van der Waals surface area contributed by atoms with Gasteiger partial charge in [0.2, 0.25) is 0 Å². The van der Waals surface area contributed by atoms with Crippen LogP contribution in [-0.4, -0.2) is 12.9 Å². The quantitative estimate of drug-likeness (QED) is 0.582. The molecule has 2 aromatic rings. The summed E-state index contributed by atoms with van der Waals surface area (Å²) < 4.78 is 23.0. The van der Waals surface area contributed by atoms with Crippen LogP contribution in [0.2, 0.25) is 18.1 Å². The van der Waals surface area contributed by atoms with Gasteiger partial charge in [-0.25, -0.2) is 4.39 Å². The van der Waals surface area contributed by atoms with Crippen LogP contribution in [0.1, 0.15) is 45.2 Å². The van der Waals surface area contributed by atoms with Gasteiger partial charge in [0.1, 0.15) is 5.82 Å². The molecule has 0 unspecified atom stereocenters. The predicted octanol–water partition coefficient (Wildman–Crippen LogP) is 5.76. The molecular formula is C19H25BrFNO2Si. The minimum Gasteiger partial charge on any atom is -0.412 e. The molecule has 1 aliphatic carbocycles. The molecule has 0 aliphatic heterocycles. The van der Waals surface area contributed by atoms with E-state index in [2.05, 4.69) is 49.8 Å². The summed E-state index contributed by atoms with van der Waals surface area (Å²) in [5.41, 5.74) is 1.52. The summed E-state index contributed by atoms with van der Waals surface area (Å²) in [6, 6.07) is 4.96. The molecule has 1 aromatic carbocycles. The lowest BCUT2D eigenvalue weighted by Crippen LogP contribution is -2.40. The molecule has 25 heavy (non-hydrogen) atoms. The molecule has 0 radical (unpaired) electrons. The van der Waals surface area contributed by atoms with Crippen molar-refractivity contribution in [1.82, 2.24) is 4.57 Å². The van der Waals surface area contributed by atoms with Gasteiger partial charge in [0.15, 0.2) is 8.32 Å². The van der Waals surface area contributed by atoms with Crippen molar-refractivity contribution in [2.75, 3.05) is 0 Å². The number of benzene rings is 1. The van der Waals surface area contributed by atoms with Crippen LogP contribution < -0.4 is 5.56 Å². The fourth-order valence-electron chi connectivity index (χ4n) is 2.75. The molecule has 136 valence electrons. The lowest BCUT2D eigenvalue weighted by molar-refractivity contribution is 0.276. The van der Waals surface area contributed by atoms with E-state index in [0.29, 0.717) is 11.1 Å². The lowest BCUT2D eigenvalue weighted by atomic mass is 10.1. The first kappa shape index (κ1) is 18.8. The summed E-state index contributed by atoms with van der Waals surface area (Å²) in [5, 5.41) is 0.819. The minimum atomic E-state index is -1.99. The molecule has 1 aliphatic rings. The van der Waals surface area contributed by atoms with E-state index >= 15 is 0 Å². The third kappa shape index (κ3) is 3.48. The normalized spacial score (nSPS) is 15.8. The van der Waals surface area contributed by atoms with Crippen LogP contribution in [0.5, 0.6) is 0 Å². The summed E-state index contributed by atoms with van der Waals surface area (Å²) >= 11 is 3.39. The minimum absolute atomic E-state index is 0.0258. The highest BCUT2D eigenvalue weighted by molar-refractivity contribution is 9.10. The second kappa shape index (κ2) is 6.32. The van der Waals surface area contributed by atoms with Crippen LogP contribution in [0.25, 0.3) is 10.9 Å². The van der Waals surface area contributed by atoms with Gasteiger partial charge in [0, 0.05) is 23.1 Å². The Bertz CT molecular complexity index is 882. The van der Waals surface area contributed by atoms with E-state index in [1.54, 1.807) is 6.07 Å². The fourth-order valence-corrected chi connectivity index (χ4v) is 4.10. The summed E-state index contributed by atoms with van der Waals surface area (Å²) in [6.07, 6.45) is 1.99. The zero-order valence-electron chi connectivity index (χ0n) is 15.5. The number of hydrogen-bond donors (Lipinski definition) is 0. The van der Waals surface area contributed by atoms with E-state index < -0.39 is 8.32 Å². The monoisotopic (exact) mass is 425 g/mol. The maximum atomic E-state index is 14.4. The first-order valence-electron chi connectivity index (χ1n) is 8.69. The summed E-state index contributed by atoms with van der Waals surface area (Å²) in [6.45, 7) is 11.2. The van der Waals surface area contributed by atoms with E-state index in [1.807, 2.05) is 4.57 Å². The van der Waals surface area contributed by atoms with Crippen molar-refractivity contribution in [2.45, 2.75) is 64.4 Å². The van der Waals surface area contributed by atoms with E-state index in [-0.39, 0.29) is 22.5 Å². The lowest BCUT2D eigenvalue weighted by Gasteiger charge is -2.36. The van der Waals surface area contributed by atoms with E-state index in [0.717, 1.165) is 29.3 Å². The first-order valence-corrected chi connectivity index (χ1v) is 12.4. The van der Waals surface area contributed by atoms with Gasteiger partial charge in [-0.05, 0) is 59.0 Å². The summed E-state index contributed by atoms with van der Waals surface area (Å²) in [5.74, 6) is -0.317. The van der Waals surface area contributed by atoms with Crippen LogP contribution in [0, 0.1) is 5.82 Å². The summed E-state index contributed by atoms with van der Waals surface area (Å²) in [4.78, 5) is 12.4. The van der Waals surface area contributed by atoms with Crippen LogP contribution in [-0.2, 0) is 11.0 Å². The molecule has 1 saturated carbocycles. The Hall–Kier alpha value is -0.983. The van der Waals surface area contributed by atoms with Gasteiger partial charge in [0.05, 0.1) is 16.6 Å². The van der Waals surface area contributed by atoms with Crippen molar-refractivity contribution in [2.24, 2.45) is 0 Å². The highest BCUT2D eigenvalue weighted by Gasteiger charge is 2.37.